The maximum atomic E-state index is 11.7. The predicted molar refractivity (Wildman–Crippen MR) is 67.4 cm³/mol. The van der Waals surface area contributed by atoms with Crippen molar-refractivity contribution in [3.05, 3.63) is 29.3 Å². The molecule has 1 atom stereocenters. The highest BCUT2D eigenvalue weighted by molar-refractivity contribution is 5.91. The number of nitriles is 1. The molecule has 0 fully saturated rings. The Hall–Kier alpha value is -1.86. The zero-order chi connectivity index (χ0) is 12.8. The van der Waals surface area contributed by atoms with Gasteiger partial charge < -0.3 is 11.1 Å². The Morgan fingerprint density at radius 2 is 2.29 bits per heavy atom. The quantitative estimate of drug-likeness (QED) is 0.829. The minimum atomic E-state index is -0.0684. The van der Waals surface area contributed by atoms with Crippen LogP contribution in [0.25, 0.3) is 0 Å². The normalized spacial score (nSPS) is 11.6. The Balaban J connectivity index is 2.74. The van der Waals surface area contributed by atoms with Gasteiger partial charge >= 0.3 is 0 Å². The van der Waals surface area contributed by atoms with Crippen LogP contribution in [0.4, 0.5) is 5.69 Å². The number of carbonyl (C=O) groups is 1. The fourth-order valence-electron chi connectivity index (χ4n) is 1.43. The summed E-state index contributed by atoms with van der Waals surface area (Å²) in [7, 11) is 0. The molecule has 1 aromatic rings. The van der Waals surface area contributed by atoms with Gasteiger partial charge in [0.05, 0.1) is 11.6 Å². The van der Waals surface area contributed by atoms with E-state index in [0.29, 0.717) is 24.2 Å². The summed E-state index contributed by atoms with van der Waals surface area (Å²) in [5.74, 6) is 0.0931. The number of rotatable bonds is 4. The minimum Gasteiger partial charge on any atom is -0.330 e. The van der Waals surface area contributed by atoms with E-state index in [1.807, 2.05) is 26.0 Å². The molecule has 4 nitrogen and oxygen atoms in total. The average Bonchev–Trinajstić information content (AvgIpc) is 2.31. The molecule has 0 saturated heterocycles. The highest BCUT2D eigenvalue weighted by Gasteiger charge is 2.09. The van der Waals surface area contributed by atoms with Crippen molar-refractivity contribution in [3.63, 3.8) is 0 Å². The van der Waals surface area contributed by atoms with Gasteiger partial charge in [0.15, 0.2) is 0 Å². The van der Waals surface area contributed by atoms with Crippen LogP contribution >= 0.6 is 0 Å². The topological polar surface area (TPSA) is 78.9 Å². The molecule has 0 aliphatic heterocycles. The number of aryl methyl sites for hydroxylation is 1. The molecule has 3 N–H and O–H groups in total. The Morgan fingerprint density at radius 3 is 2.88 bits per heavy atom. The molecule has 0 spiro atoms. The summed E-state index contributed by atoms with van der Waals surface area (Å²) in [6.45, 7) is 4.31. The van der Waals surface area contributed by atoms with Crippen LogP contribution in [0.5, 0.6) is 0 Å². The fourth-order valence-corrected chi connectivity index (χ4v) is 1.43. The Kier molecular flexibility index (Phi) is 4.68. The first-order chi connectivity index (χ1) is 8.06. The molecule has 0 radical (unpaired) electrons. The zero-order valence-corrected chi connectivity index (χ0v) is 10.2. The molecule has 0 heterocycles. The van der Waals surface area contributed by atoms with Crippen molar-refractivity contribution in [3.8, 4) is 6.07 Å². The Bertz CT molecular complexity index is 448. The largest absolute Gasteiger partial charge is 0.330 e. The van der Waals surface area contributed by atoms with Gasteiger partial charge in [0.25, 0.3) is 0 Å². The monoisotopic (exact) mass is 231 g/mol. The van der Waals surface area contributed by atoms with E-state index in [9.17, 15) is 4.79 Å². The number of amides is 1. The molecule has 0 bridgehead atoms. The number of anilines is 1. The molecule has 1 unspecified atom stereocenters. The molecule has 0 aliphatic rings. The number of nitrogens with zero attached hydrogens (tertiary/aromatic N) is 1. The third-order valence-corrected chi connectivity index (χ3v) is 2.58. The smallest absolute Gasteiger partial charge is 0.224 e. The van der Waals surface area contributed by atoms with Crippen LogP contribution in [0.2, 0.25) is 0 Å². The first-order valence-electron chi connectivity index (χ1n) is 5.57. The summed E-state index contributed by atoms with van der Waals surface area (Å²) in [6, 6.07) is 7.28. The van der Waals surface area contributed by atoms with Crippen molar-refractivity contribution in [1.82, 2.24) is 0 Å². The summed E-state index contributed by atoms with van der Waals surface area (Å²) >= 11 is 0. The number of nitrogens with one attached hydrogen (secondary N) is 1. The van der Waals surface area contributed by atoms with Gasteiger partial charge in [0.1, 0.15) is 0 Å². The molecular formula is C13H17N3O. The predicted octanol–water partition coefficient (Wildman–Crippen LogP) is 1.79. The summed E-state index contributed by atoms with van der Waals surface area (Å²) in [5.41, 5.74) is 7.64. The van der Waals surface area contributed by atoms with Crippen LogP contribution in [0.3, 0.4) is 0 Å². The van der Waals surface area contributed by atoms with E-state index in [0.717, 1.165) is 5.56 Å². The standard InChI is InChI=1S/C13H17N3O/c1-9(7-14)5-13(17)16-12-6-11(8-15)4-3-10(12)2/h3-4,6,9H,5,7,14H2,1-2H3,(H,16,17). The van der Waals surface area contributed by atoms with Gasteiger partial charge in [-0.3, -0.25) is 4.79 Å². The molecule has 0 saturated carbocycles. The van der Waals surface area contributed by atoms with E-state index < -0.39 is 0 Å². The van der Waals surface area contributed by atoms with Crippen LogP contribution in [0, 0.1) is 24.2 Å². The van der Waals surface area contributed by atoms with Crippen LogP contribution in [0.15, 0.2) is 18.2 Å². The molecule has 1 rings (SSSR count). The van der Waals surface area contributed by atoms with E-state index in [4.69, 9.17) is 11.0 Å². The SMILES string of the molecule is Cc1ccc(C#N)cc1NC(=O)CC(C)CN. The van der Waals surface area contributed by atoms with Gasteiger partial charge in [0, 0.05) is 12.1 Å². The lowest BCUT2D eigenvalue weighted by atomic mass is 10.1. The Labute approximate surface area is 101 Å². The maximum Gasteiger partial charge on any atom is 0.224 e. The highest BCUT2D eigenvalue weighted by atomic mass is 16.1. The van der Waals surface area contributed by atoms with E-state index in [2.05, 4.69) is 5.32 Å². The lowest BCUT2D eigenvalue weighted by molar-refractivity contribution is -0.116. The summed E-state index contributed by atoms with van der Waals surface area (Å²) < 4.78 is 0. The van der Waals surface area contributed by atoms with Crippen LogP contribution in [0.1, 0.15) is 24.5 Å². The third kappa shape index (κ3) is 3.89. The summed E-state index contributed by atoms with van der Waals surface area (Å²) in [5, 5.41) is 11.6. The van der Waals surface area contributed by atoms with Crippen molar-refractivity contribution < 1.29 is 4.79 Å². The fraction of sp³-hybridized carbons (Fsp3) is 0.385. The Morgan fingerprint density at radius 1 is 1.59 bits per heavy atom. The average molecular weight is 231 g/mol. The lowest BCUT2D eigenvalue weighted by Crippen LogP contribution is -2.20. The second kappa shape index (κ2) is 6.02. The number of benzene rings is 1. The lowest BCUT2D eigenvalue weighted by Gasteiger charge is -2.11. The first-order valence-corrected chi connectivity index (χ1v) is 5.57. The second-order valence-electron chi connectivity index (χ2n) is 4.23. The number of nitrogens with two attached hydrogens (primary N) is 1. The molecule has 4 heteroatoms. The maximum absolute atomic E-state index is 11.7. The molecule has 0 aliphatic carbocycles. The van der Waals surface area contributed by atoms with Gasteiger partial charge in [-0.25, -0.2) is 0 Å². The van der Waals surface area contributed by atoms with Gasteiger partial charge in [0.2, 0.25) is 5.91 Å². The van der Waals surface area contributed by atoms with E-state index in [1.54, 1.807) is 12.1 Å². The third-order valence-electron chi connectivity index (χ3n) is 2.58. The highest BCUT2D eigenvalue weighted by Crippen LogP contribution is 2.17. The van der Waals surface area contributed by atoms with Gasteiger partial charge in [-0.05, 0) is 37.1 Å². The van der Waals surface area contributed by atoms with Crippen LogP contribution in [-0.4, -0.2) is 12.5 Å². The van der Waals surface area contributed by atoms with E-state index >= 15 is 0 Å². The van der Waals surface area contributed by atoms with Crippen molar-refractivity contribution in [2.24, 2.45) is 11.7 Å². The van der Waals surface area contributed by atoms with Crippen molar-refractivity contribution in [2.75, 3.05) is 11.9 Å². The molecule has 17 heavy (non-hydrogen) atoms. The second-order valence-corrected chi connectivity index (χ2v) is 4.23. The summed E-state index contributed by atoms with van der Waals surface area (Å²) in [6.07, 6.45) is 0.396. The number of hydrogen-bond donors (Lipinski definition) is 2. The number of carbonyl (C=O) groups excluding carboxylic acids is 1. The number of hydrogen-bond acceptors (Lipinski definition) is 3. The molecule has 1 amide bonds. The van der Waals surface area contributed by atoms with Crippen LogP contribution in [-0.2, 0) is 4.79 Å². The van der Waals surface area contributed by atoms with Gasteiger partial charge in [-0.1, -0.05) is 13.0 Å². The van der Waals surface area contributed by atoms with Crippen LogP contribution < -0.4 is 11.1 Å². The summed E-state index contributed by atoms with van der Waals surface area (Å²) in [4.78, 5) is 11.7. The van der Waals surface area contributed by atoms with Crippen molar-refractivity contribution >= 4 is 11.6 Å². The van der Waals surface area contributed by atoms with Crippen molar-refractivity contribution in [1.29, 1.82) is 5.26 Å². The molecule has 90 valence electrons. The van der Waals surface area contributed by atoms with E-state index in [-0.39, 0.29) is 11.8 Å². The molecular weight excluding hydrogens is 214 g/mol. The van der Waals surface area contributed by atoms with E-state index in [1.165, 1.54) is 0 Å². The molecule has 0 aromatic heterocycles. The first kappa shape index (κ1) is 13.2. The van der Waals surface area contributed by atoms with Gasteiger partial charge in [-0.2, -0.15) is 5.26 Å². The van der Waals surface area contributed by atoms with Crippen molar-refractivity contribution in [2.45, 2.75) is 20.3 Å². The molecule has 1 aromatic carbocycles. The van der Waals surface area contributed by atoms with Gasteiger partial charge in [-0.15, -0.1) is 0 Å². The minimum absolute atomic E-state index is 0.0684. The zero-order valence-electron chi connectivity index (χ0n) is 10.2.